The van der Waals surface area contributed by atoms with Gasteiger partial charge in [-0.1, -0.05) is 35.8 Å². The summed E-state index contributed by atoms with van der Waals surface area (Å²) >= 11 is 1.21. The maximum absolute atomic E-state index is 12.3. The largest absolute Gasteiger partial charge is 0.283 e. The fourth-order valence-electron chi connectivity index (χ4n) is 1.94. The first-order chi connectivity index (χ1) is 9.18. The number of benzene rings is 2. The van der Waals surface area contributed by atoms with Crippen LogP contribution in [0.3, 0.4) is 0 Å². The van der Waals surface area contributed by atoms with Crippen molar-refractivity contribution in [2.24, 2.45) is 0 Å². The van der Waals surface area contributed by atoms with Crippen LogP contribution in [-0.2, 0) is 0 Å². The van der Waals surface area contributed by atoms with Gasteiger partial charge in [-0.2, -0.15) is 0 Å². The number of hydrogen-bond acceptors (Lipinski definition) is 4. The molecule has 0 aliphatic heterocycles. The molecule has 5 nitrogen and oxygen atoms in total. The first-order valence-corrected chi connectivity index (χ1v) is 6.30. The number of nitro groups is 1. The molecule has 0 spiro atoms. The lowest BCUT2D eigenvalue weighted by Gasteiger charge is -1.97. The predicted molar refractivity (Wildman–Crippen MR) is 74.1 cm³/mol. The Morgan fingerprint density at radius 3 is 2.47 bits per heavy atom. The molecule has 0 saturated carbocycles. The Morgan fingerprint density at radius 2 is 1.79 bits per heavy atom. The molecule has 0 N–H and O–H groups in total. The van der Waals surface area contributed by atoms with Crippen molar-refractivity contribution in [3.63, 3.8) is 0 Å². The van der Waals surface area contributed by atoms with Crippen LogP contribution in [0.2, 0.25) is 0 Å². The Labute approximate surface area is 111 Å². The van der Waals surface area contributed by atoms with Gasteiger partial charge in [-0.05, 0) is 18.2 Å². The summed E-state index contributed by atoms with van der Waals surface area (Å²) < 4.78 is 2.08. The lowest BCUT2D eigenvalue weighted by Crippen LogP contribution is -2.11. The quantitative estimate of drug-likeness (QED) is 0.532. The Morgan fingerprint density at radius 1 is 1.05 bits per heavy atom. The van der Waals surface area contributed by atoms with E-state index in [1.165, 1.54) is 21.6 Å². The van der Waals surface area contributed by atoms with Crippen molar-refractivity contribution in [2.45, 2.75) is 0 Å². The van der Waals surface area contributed by atoms with Gasteiger partial charge in [-0.3, -0.25) is 14.9 Å². The van der Waals surface area contributed by atoms with Crippen LogP contribution >= 0.6 is 11.5 Å². The van der Waals surface area contributed by atoms with E-state index in [-0.39, 0.29) is 16.6 Å². The summed E-state index contributed by atoms with van der Waals surface area (Å²) in [5, 5.41) is 11.1. The highest BCUT2D eigenvalue weighted by Crippen LogP contribution is 2.27. The molecule has 0 fully saturated rings. The molecule has 0 atom stereocenters. The Balaban J connectivity index is 2.37. The summed E-state index contributed by atoms with van der Waals surface area (Å²) in [6.07, 6.45) is 0. The molecular formula is C13H8N2O3S. The summed E-state index contributed by atoms with van der Waals surface area (Å²) in [7, 11) is 0. The Bertz CT molecular complexity index is 821. The smallest absolute Gasteiger partial charge is 0.267 e. The molecule has 1 aromatic heterocycles. The summed E-state index contributed by atoms with van der Waals surface area (Å²) in [5.74, 6) is 0. The van der Waals surface area contributed by atoms with Crippen LogP contribution < -0.4 is 5.56 Å². The molecule has 94 valence electrons. The van der Waals surface area contributed by atoms with E-state index in [4.69, 9.17) is 0 Å². The molecule has 0 bridgehead atoms. The van der Waals surface area contributed by atoms with E-state index >= 15 is 0 Å². The molecule has 6 heteroatoms. The van der Waals surface area contributed by atoms with Gasteiger partial charge in [0.2, 0.25) is 0 Å². The zero-order chi connectivity index (χ0) is 13.4. The number of hydrogen-bond donors (Lipinski definition) is 0. The summed E-state index contributed by atoms with van der Waals surface area (Å²) in [4.78, 5) is 22.8. The van der Waals surface area contributed by atoms with Crippen molar-refractivity contribution < 1.29 is 4.92 Å². The molecule has 19 heavy (non-hydrogen) atoms. The first kappa shape index (κ1) is 11.6. The molecule has 0 aliphatic carbocycles. The van der Waals surface area contributed by atoms with Gasteiger partial charge in [0.15, 0.2) is 0 Å². The molecular weight excluding hydrogens is 264 g/mol. The van der Waals surface area contributed by atoms with Gasteiger partial charge >= 0.3 is 0 Å². The van der Waals surface area contributed by atoms with E-state index in [9.17, 15) is 14.9 Å². The Hall–Kier alpha value is -2.47. The topological polar surface area (TPSA) is 65.1 Å². The van der Waals surface area contributed by atoms with Crippen molar-refractivity contribution >= 4 is 27.3 Å². The zero-order valence-electron chi connectivity index (χ0n) is 9.65. The molecule has 0 unspecified atom stereocenters. The van der Waals surface area contributed by atoms with Gasteiger partial charge in [0, 0.05) is 6.07 Å². The number of aromatic nitrogens is 1. The number of para-hydroxylation sites is 1. The Kier molecular flexibility index (Phi) is 2.64. The van der Waals surface area contributed by atoms with Crippen LogP contribution in [0, 0.1) is 10.1 Å². The maximum atomic E-state index is 12.3. The standard InChI is InChI=1S/C13H8N2O3S/c16-13-12-10(15(17)18)7-4-8-11(12)19-14(13)9-5-2-1-3-6-9/h1-8H. The predicted octanol–water partition coefficient (Wildman–Crippen LogP) is 2.96. The second-order valence-electron chi connectivity index (χ2n) is 3.93. The number of nitrogens with zero attached hydrogens (tertiary/aromatic N) is 2. The van der Waals surface area contributed by atoms with Crippen LogP contribution in [-0.4, -0.2) is 8.88 Å². The molecule has 0 aliphatic rings. The van der Waals surface area contributed by atoms with Crippen LogP contribution in [0.25, 0.3) is 15.8 Å². The lowest BCUT2D eigenvalue weighted by molar-refractivity contribution is -0.383. The van der Waals surface area contributed by atoms with Crippen molar-refractivity contribution in [2.75, 3.05) is 0 Å². The van der Waals surface area contributed by atoms with Crippen molar-refractivity contribution in [3.05, 3.63) is 69.0 Å². The minimum absolute atomic E-state index is 0.145. The summed E-state index contributed by atoms with van der Waals surface area (Å²) in [6, 6.07) is 13.7. The van der Waals surface area contributed by atoms with Gasteiger partial charge in [0.05, 0.1) is 15.3 Å². The number of non-ortho nitro benzene ring substituents is 1. The summed E-state index contributed by atoms with van der Waals surface area (Å²) in [5.41, 5.74) is 0.218. The molecule has 1 heterocycles. The second kappa shape index (κ2) is 4.33. The van der Waals surface area contributed by atoms with Crippen LogP contribution in [0.1, 0.15) is 0 Å². The third-order valence-electron chi connectivity index (χ3n) is 2.78. The molecule has 0 amide bonds. The first-order valence-electron chi connectivity index (χ1n) is 5.53. The average Bonchev–Trinajstić information content (AvgIpc) is 2.77. The number of fused-ring (bicyclic) bond motifs is 1. The van der Waals surface area contributed by atoms with E-state index in [0.717, 1.165) is 0 Å². The van der Waals surface area contributed by atoms with Gasteiger partial charge in [0.1, 0.15) is 5.39 Å². The molecule has 0 saturated heterocycles. The lowest BCUT2D eigenvalue weighted by atomic mass is 10.2. The van der Waals surface area contributed by atoms with Gasteiger partial charge in [-0.25, -0.2) is 3.96 Å². The van der Waals surface area contributed by atoms with E-state index in [1.54, 1.807) is 24.3 Å². The minimum atomic E-state index is -0.522. The van der Waals surface area contributed by atoms with E-state index < -0.39 is 4.92 Å². The van der Waals surface area contributed by atoms with Gasteiger partial charge < -0.3 is 0 Å². The summed E-state index contributed by atoms with van der Waals surface area (Å²) in [6.45, 7) is 0. The zero-order valence-corrected chi connectivity index (χ0v) is 10.5. The fraction of sp³-hybridized carbons (Fsp3) is 0. The fourth-order valence-corrected chi connectivity index (χ4v) is 2.96. The SMILES string of the molecule is O=c1c2c([N+](=O)[O-])cccc2sn1-c1ccccc1. The molecule has 3 aromatic rings. The monoisotopic (exact) mass is 272 g/mol. The maximum Gasteiger partial charge on any atom is 0.283 e. The number of nitro benzene ring substituents is 1. The highest BCUT2D eigenvalue weighted by atomic mass is 32.1. The van der Waals surface area contributed by atoms with Gasteiger partial charge in [-0.15, -0.1) is 0 Å². The van der Waals surface area contributed by atoms with Crippen molar-refractivity contribution in [1.82, 2.24) is 3.96 Å². The van der Waals surface area contributed by atoms with E-state index in [0.29, 0.717) is 10.4 Å². The van der Waals surface area contributed by atoms with Crippen LogP contribution in [0.5, 0.6) is 0 Å². The number of rotatable bonds is 2. The minimum Gasteiger partial charge on any atom is -0.267 e. The second-order valence-corrected chi connectivity index (χ2v) is 4.92. The molecule has 2 aromatic carbocycles. The molecule has 0 radical (unpaired) electrons. The average molecular weight is 272 g/mol. The molecule has 3 rings (SSSR count). The van der Waals surface area contributed by atoms with E-state index in [1.807, 2.05) is 18.2 Å². The van der Waals surface area contributed by atoms with Crippen LogP contribution in [0.15, 0.2) is 53.3 Å². The third-order valence-corrected chi connectivity index (χ3v) is 3.88. The van der Waals surface area contributed by atoms with Gasteiger partial charge in [0.25, 0.3) is 11.2 Å². The highest BCUT2D eigenvalue weighted by Gasteiger charge is 2.19. The van der Waals surface area contributed by atoms with Crippen molar-refractivity contribution in [1.29, 1.82) is 0 Å². The normalized spacial score (nSPS) is 10.7. The van der Waals surface area contributed by atoms with Crippen LogP contribution in [0.4, 0.5) is 5.69 Å². The van der Waals surface area contributed by atoms with E-state index in [2.05, 4.69) is 0 Å². The highest BCUT2D eigenvalue weighted by molar-refractivity contribution is 7.14. The van der Waals surface area contributed by atoms with Crippen molar-refractivity contribution in [3.8, 4) is 5.69 Å². The third kappa shape index (κ3) is 1.82.